The van der Waals surface area contributed by atoms with Crippen LogP contribution in [0.2, 0.25) is 0 Å². The summed E-state index contributed by atoms with van der Waals surface area (Å²) in [7, 11) is 0. The lowest BCUT2D eigenvalue weighted by Crippen LogP contribution is -2.72. The molecule has 2 saturated heterocycles. The van der Waals surface area contributed by atoms with Crippen molar-refractivity contribution in [3.05, 3.63) is 120 Å². The van der Waals surface area contributed by atoms with Crippen molar-refractivity contribution in [1.29, 1.82) is 0 Å². The monoisotopic (exact) mass is 563 g/mol. The zero-order chi connectivity index (χ0) is 28.9. The Morgan fingerprint density at radius 1 is 0.810 bits per heavy atom. The van der Waals surface area contributed by atoms with E-state index in [9.17, 15) is 14.4 Å². The van der Waals surface area contributed by atoms with Gasteiger partial charge in [-0.3, -0.25) is 14.4 Å². The number of fused-ring (bicyclic) bond motifs is 2. The maximum Gasteiger partial charge on any atom is 0.436 e. The predicted molar refractivity (Wildman–Crippen MR) is 158 cm³/mol. The summed E-state index contributed by atoms with van der Waals surface area (Å²) >= 11 is 0. The topological polar surface area (TPSA) is 79.4 Å². The third-order valence-corrected chi connectivity index (χ3v) is 7.89. The van der Waals surface area contributed by atoms with E-state index in [-0.39, 0.29) is 31.6 Å². The van der Waals surface area contributed by atoms with Gasteiger partial charge in [-0.2, -0.15) is 5.06 Å². The molecule has 0 radical (unpaired) electrons. The highest BCUT2D eigenvalue weighted by molar-refractivity contribution is 5.91. The summed E-state index contributed by atoms with van der Waals surface area (Å²) < 4.78 is 5.58. The fourth-order valence-corrected chi connectivity index (χ4v) is 5.78. The van der Waals surface area contributed by atoms with Crippen molar-refractivity contribution >= 4 is 28.7 Å². The first-order valence-corrected chi connectivity index (χ1v) is 14.3. The smallest absolute Gasteiger partial charge is 0.436 e. The maximum absolute atomic E-state index is 14.0. The molecule has 2 aliphatic rings. The summed E-state index contributed by atoms with van der Waals surface area (Å²) in [5, 5.41) is 3.30. The number of hydrogen-bond donors (Lipinski definition) is 0. The van der Waals surface area contributed by atoms with Crippen LogP contribution in [0.4, 0.5) is 4.79 Å². The average Bonchev–Trinajstić information content (AvgIpc) is 3.03. The Hall–Kier alpha value is -4.69. The third-order valence-electron chi connectivity index (χ3n) is 7.89. The summed E-state index contributed by atoms with van der Waals surface area (Å²) in [4.78, 5) is 49.5. The first-order valence-electron chi connectivity index (χ1n) is 14.3. The van der Waals surface area contributed by atoms with Crippen molar-refractivity contribution in [3.8, 4) is 0 Å². The van der Waals surface area contributed by atoms with Crippen LogP contribution in [0.25, 0.3) is 10.8 Å². The fraction of sp³-hybridized carbons (Fsp3) is 0.265. The normalized spacial score (nSPS) is 18.7. The van der Waals surface area contributed by atoms with Gasteiger partial charge in [-0.15, -0.1) is 0 Å². The van der Waals surface area contributed by atoms with Crippen LogP contribution in [0.15, 0.2) is 103 Å². The van der Waals surface area contributed by atoms with Crippen molar-refractivity contribution in [3.63, 3.8) is 0 Å². The SMILES string of the molecule is O=C1C(Cc2ccc3ccccc3c2)N2C(=O)CON(C(=O)OCc3ccccc3)C2CN1CCCc1ccccc1. The Morgan fingerprint density at radius 2 is 1.50 bits per heavy atom. The molecule has 0 aliphatic carbocycles. The molecule has 2 aliphatic heterocycles. The van der Waals surface area contributed by atoms with E-state index in [4.69, 9.17) is 9.57 Å². The van der Waals surface area contributed by atoms with Gasteiger partial charge in [0.1, 0.15) is 12.6 Å². The summed E-state index contributed by atoms with van der Waals surface area (Å²) in [6, 6.07) is 32.9. The zero-order valence-electron chi connectivity index (χ0n) is 23.3. The Bertz CT molecular complexity index is 1560. The highest BCUT2D eigenvalue weighted by Gasteiger charge is 2.50. The first-order chi connectivity index (χ1) is 20.6. The number of carbonyl (C=O) groups excluding carboxylic acids is 3. The molecular formula is C34H33N3O5. The summed E-state index contributed by atoms with van der Waals surface area (Å²) in [6.07, 6.45) is 0.401. The molecule has 0 aromatic heterocycles. The van der Waals surface area contributed by atoms with Crippen LogP contribution in [0, 0.1) is 0 Å². The highest BCUT2D eigenvalue weighted by Crippen LogP contribution is 2.28. The number of ether oxygens (including phenoxy) is 1. The van der Waals surface area contributed by atoms with Crippen LogP contribution in [0.5, 0.6) is 0 Å². The molecule has 2 heterocycles. The Balaban J connectivity index is 1.25. The van der Waals surface area contributed by atoms with Gasteiger partial charge in [0.2, 0.25) is 5.91 Å². The molecule has 3 amide bonds. The Morgan fingerprint density at radius 3 is 2.26 bits per heavy atom. The van der Waals surface area contributed by atoms with Crippen LogP contribution in [-0.4, -0.2) is 64.7 Å². The van der Waals surface area contributed by atoms with E-state index in [2.05, 4.69) is 18.2 Å². The Kier molecular flexibility index (Phi) is 8.14. The lowest BCUT2D eigenvalue weighted by Gasteiger charge is -2.50. The van der Waals surface area contributed by atoms with E-state index in [0.29, 0.717) is 13.0 Å². The van der Waals surface area contributed by atoms with Gasteiger partial charge >= 0.3 is 6.09 Å². The van der Waals surface area contributed by atoms with Crippen LogP contribution >= 0.6 is 0 Å². The van der Waals surface area contributed by atoms with Crippen molar-refractivity contribution in [2.45, 2.75) is 38.1 Å². The van der Waals surface area contributed by atoms with E-state index in [1.807, 2.05) is 84.9 Å². The van der Waals surface area contributed by atoms with Gasteiger partial charge in [0, 0.05) is 13.0 Å². The van der Waals surface area contributed by atoms with Crippen molar-refractivity contribution in [1.82, 2.24) is 14.9 Å². The minimum Gasteiger partial charge on any atom is -0.443 e. The second kappa shape index (κ2) is 12.4. The van der Waals surface area contributed by atoms with Crippen LogP contribution in [0.3, 0.4) is 0 Å². The zero-order valence-corrected chi connectivity index (χ0v) is 23.3. The van der Waals surface area contributed by atoms with Gasteiger partial charge < -0.3 is 14.5 Å². The number of piperazine rings is 1. The lowest BCUT2D eigenvalue weighted by molar-refractivity contribution is -0.243. The second-order valence-corrected chi connectivity index (χ2v) is 10.7. The summed E-state index contributed by atoms with van der Waals surface area (Å²) in [5.41, 5.74) is 2.97. The predicted octanol–water partition coefficient (Wildman–Crippen LogP) is 4.96. The fourth-order valence-electron chi connectivity index (χ4n) is 5.78. The first kappa shape index (κ1) is 27.5. The van der Waals surface area contributed by atoms with E-state index >= 15 is 0 Å². The van der Waals surface area contributed by atoms with E-state index in [1.54, 1.807) is 4.90 Å². The van der Waals surface area contributed by atoms with Gasteiger partial charge in [0.05, 0.1) is 6.54 Å². The molecule has 4 aromatic rings. The molecule has 0 spiro atoms. The largest absolute Gasteiger partial charge is 0.443 e. The number of amides is 3. The highest BCUT2D eigenvalue weighted by atomic mass is 16.7. The van der Waals surface area contributed by atoms with Crippen molar-refractivity contribution < 1.29 is 24.0 Å². The van der Waals surface area contributed by atoms with Crippen LogP contribution in [0.1, 0.15) is 23.1 Å². The number of hydroxylamine groups is 2. The van der Waals surface area contributed by atoms with Crippen molar-refractivity contribution in [2.24, 2.45) is 0 Å². The molecule has 214 valence electrons. The minimum atomic E-state index is -0.797. The molecule has 0 bridgehead atoms. The molecule has 0 N–H and O–H groups in total. The second-order valence-electron chi connectivity index (χ2n) is 10.7. The number of carbonyl (C=O) groups is 3. The summed E-state index contributed by atoms with van der Waals surface area (Å²) in [6.45, 7) is 0.369. The van der Waals surface area contributed by atoms with Gasteiger partial charge in [-0.05, 0) is 40.3 Å². The molecule has 8 heteroatoms. The quantitative estimate of drug-likeness (QED) is 0.303. The Labute approximate surface area is 245 Å². The molecule has 2 atom stereocenters. The molecule has 6 rings (SSSR count). The number of hydrogen-bond acceptors (Lipinski definition) is 5. The maximum atomic E-state index is 14.0. The molecule has 2 fully saturated rings. The lowest BCUT2D eigenvalue weighted by atomic mass is 9.97. The third kappa shape index (κ3) is 5.99. The average molecular weight is 564 g/mol. The van der Waals surface area contributed by atoms with E-state index in [0.717, 1.165) is 39.8 Å². The van der Waals surface area contributed by atoms with Gasteiger partial charge in [-0.1, -0.05) is 103 Å². The number of nitrogens with zero attached hydrogens (tertiary/aromatic N) is 3. The summed E-state index contributed by atoms with van der Waals surface area (Å²) in [5.74, 6) is -0.449. The number of benzene rings is 4. The number of aryl methyl sites for hydroxylation is 1. The van der Waals surface area contributed by atoms with Crippen LogP contribution in [-0.2, 0) is 38.6 Å². The molecule has 8 nitrogen and oxygen atoms in total. The molecular weight excluding hydrogens is 530 g/mol. The molecule has 42 heavy (non-hydrogen) atoms. The van der Waals surface area contributed by atoms with Gasteiger partial charge in [-0.25, -0.2) is 4.79 Å². The van der Waals surface area contributed by atoms with Gasteiger partial charge in [0.25, 0.3) is 5.91 Å². The van der Waals surface area contributed by atoms with Crippen molar-refractivity contribution in [2.75, 3.05) is 19.7 Å². The molecule has 2 unspecified atom stereocenters. The van der Waals surface area contributed by atoms with E-state index in [1.165, 1.54) is 10.5 Å². The molecule has 4 aromatic carbocycles. The standard InChI is InChI=1S/C34H33N3O5/c38-32-24-42-37(34(40)41-23-26-12-5-2-6-13-26)31-22-35(19-9-14-25-10-3-1-4-11-25)33(39)30(36(31)32)21-27-17-18-28-15-7-8-16-29(28)20-27/h1-8,10-13,15-18,20,30-31H,9,14,19,21-24H2. The van der Waals surface area contributed by atoms with Crippen LogP contribution < -0.4 is 0 Å². The number of rotatable bonds is 8. The van der Waals surface area contributed by atoms with Gasteiger partial charge in [0.15, 0.2) is 12.8 Å². The molecule has 0 saturated carbocycles. The minimum absolute atomic E-state index is 0.0699. The van der Waals surface area contributed by atoms with E-state index < -0.39 is 18.3 Å².